The maximum atomic E-state index is 5.88. The van der Waals surface area contributed by atoms with Crippen LogP contribution in [0.5, 0.6) is 5.75 Å². The minimum absolute atomic E-state index is 0.565. The van der Waals surface area contributed by atoms with Gasteiger partial charge in [0, 0.05) is 5.69 Å². The molecule has 0 amide bonds. The summed E-state index contributed by atoms with van der Waals surface area (Å²) in [6.45, 7) is 6.40. The number of allylic oxidation sites excluding steroid dienone is 1. The lowest BCUT2D eigenvalue weighted by Gasteiger charge is -2.11. The van der Waals surface area contributed by atoms with Crippen LogP contribution in [0.25, 0.3) is 0 Å². The summed E-state index contributed by atoms with van der Waals surface area (Å²) >= 11 is 0. The molecule has 0 saturated carbocycles. The van der Waals surface area contributed by atoms with Crippen molar-refractivity contribution in [2.75, 3.05) is 5.73 Å². The Morgan fingerprint density at radius 2 is 2.05 bits per heavy atom. The van der Waals surface area contributed by atoms with Gasteiger partial charge in [-0.15, -0.1) is 6.58 Å². The topological polar surface area (TPSA) is 35.2 Å². The molecule has 0 aliphatic heterocycles. The van der Waals surface area contributed by atoms with E-state index in [4.69, 9.17) is 10.5 Å². The lowest BCUT2D eigenvalue weighted by molar-refractivity contribution is 0.303. The van der Waals surface area contributed by atoms with E-state index in [0.717, 1.165) is 23.4 Å². The van der Waals surface area contributed by atoms with Crippen LogP contribution in [-0.4, -0.2) is 0 Å². The van der Waals surface area contributed by atoms with Crippen LogP contribution in [0.3, 0.4) is 0 Å². The highest BCUT2D eigenvalue weighted by Crippen LogP contribution is 2.23. The van der Waals surface area contributed by atoms with Gasteiger partial charge in [0.05, 0.1) is 0 Å². The Morgan fingerprint density at radius 1 is 1.21 bits per heavy atom. The van der Waals surface area contributed by atoms with Gasteiger partial charge in [-0.2, -0.15) is 0 Å². The molecule has 0 atom stereocenters. The summed E-state index contributed by atoms with van der Waals surface area (Å²) in [4.78, 5) is 0. The van der Waals surface area contributed by atoms with Crippen LogP contribution in [0.2, 0.25) is 0 Å². The second-order valence-corrected chi connectivity index (χ2v) is 4.64. The molecule has 0 fully saturated rings. The van der Waals surface area contributed by atoms with Gasteiger partial charge in [0.2, 0.25) is 0 Å². The van der Waals surface area contributed by atoms with Gasteiger partial charge in [-0.25, -0.2) is 0 Å². The van der Waals surface area contributed by atoms with Gasteiger partial charge in [-0.05, 0) is 42.7 Å². The first-order valence-corrected chi connectivity index (χ1v) is 6.36. The van der Waals surface area contributed by atoms with Crippen LogP contribution in [0, 0.1) is 6.92 Å². The molecule has 0 saturated heterocycles. The van der Waals surface area contributed by atoms with Crippen molar-refractivity contribution in [2.24, 2.45) is 0 Å². The second-order valence-electron chi connectivity index (χ2n) is 4.64. The zero-order chi connectivity index (χ0) is 13.7. The predicted molar refractivity (Wildman–Crippen MR) is 80.3 cm³/mol. The molecule has 2 aromatic rings. The molecule has 0 spiro atoms. The Hall–Kier alpha value is -2.22. The molecule has 0 radical (unpaired) electrons. The van der Waals surface area contributed by atoms with Crippen LogP contribution in [0.4, 0.5) is 5.69 Å². The third-order valence-electron chi connectivity index (χ3n) is 2.93. The third-order valence-corrected chi connectivity index (χ3v) is 2.93. The monoisotopic (exact) mass is 253 g/mol. The molecule has 98 valence electrons. The summed E-state index contributed by atoms with van der Waals surface area (Å²) in [5.41, 5.74) is 10.0. The number of hydrogen-bond acceptors (Lipinski definition) is 2. The fourth-order valence-electron chi connectivity index (χ4n) is 2.02. The zero-order valence-corrected chi connectivity index (χ0v) is 11.2. The Bertz CT molecular complexity index is 575. The number of aryl methyl sites for hydroxylation is 1. The summed E-state index contributed by atoms with van der Waals surface area (Å²) in [6, 6.07) is 14.0. The summed E-state index contributed by atoms with van der Waals surface area (Å²) in [5.74, 6) is 0.871. The van der Waals surface area contributed by atoms with E-state index in [-0.39, 0.29) is 0 Å². The van der Waals surface area contributed by atoms with Crippen molar-refractivity contribution < 1.29 is 4.74 Å². The second kappa shape index (κ2) is 6.10. The van der Waals surface area contributed by atoms with Crippen molar-refractivity contribution in [1.29, 1.82) is 0 Å². The lowest BCUT2D eigenvalue weighted by Crippen LogP contribution is -1.99. The largest absolute Gasteiger partial charge is 0.489 e. The predicted octanol–water partition coefficient (Wildman–Crippen LogP) is 3.88. The highest BCUT2D eigenvalue weighted by Gasteiger charge is 2.03. The van der Waals surface area contributed by atoms with E-state index < -0.39 is 0 Å². The molecular formula is C17H19NO. The van der Waals surface area contributed by atoms with Crippen molar-refractivity contribution in [1.82, 2.24) is 0 Å². The van der Waals surface area contributed by atoms with E-state index in [9.17, 15) is 0 Å². The standard InChI is InChI=1S/C17H19NO/c1-3-5-15-11-16(18)8-9-17(15)19-12-14-7-4-6-13(2)10-14/h3-4,6-11H,1,5,12,18H2,2H3. The number of hydrogen-bond donors (Lipinski definition) is 1. The van der Waals surface area contributed by atoms with Gasteiger partial charge in [-0.3, -0.25) is 0 Å². The van der Waals surface area contributed by atoms with Crippen molar-refractivity contribution in [2.45, 2.75) is 20.0 Å². The first kappa shape index (κ1) is 13.2. The fraction of sp³-hybridized carbons (Fsp3) is 0.176. The SMILES string of the molecule is C=CCc1cc(N)ccc1OCc1cccc(C)c1. The molecular weight excluding hydrogens is 234 g/mol. The molecule has 2 N–H and O–H groups in total. The number of nitrogens with two attached hydrogens (primary N) is 1. The van der Waals surface area contributed by atoms with Crippen LogP contribution in [0.1, 0.15) is 16.7 Å². The number of rotatable bonds is 5. The molecule has 2 nitrogen and oxygen atoms in total. The highest BCUT2D eigenvalue weighted by molar-refractivity contribution is 5.48. The van der Waals surface area contributed by atoms with E-state index in [1.807, 2.05) is 30.3 Å². The van der Waals surface area contributed by atoms with Gasteiger partial charge >= 0.3 is 0 Å². The molecule has 0 aliphatic carbocycles. The average Bonchev–Trinajstić information content (AvgIpc) is 2.38. The number of anilines is 1. The Labute approximate surface area is 114 Å². The molecule has 2 aromatic carbocycles. The Kier molecular flexibility index (Phi) is 4.24. The van der Waals surface area contributed by atoms with Crippen LogP contribution in [0.15, 0.2) is 55.1 Å². The summed E-state index contributed by atoms with van der Waals surface area (Å²) in [7, 11) is 0. The summed E-state index contributed by atoms with van der Waals surface area (Å²) < 4.78 is 5.88. The molecule has 0 bridgehead atoms. The number of ether oxygens (including phenoxy) is 1. The first-order chi connectivity index (χ1) is 9.19. The highest BCUT2D eigenvalue weighted by atomic mass is 16.5. The Balaban J connectivity index is 2.12. The zero-order valence-electron chi connectivity index (χ0n) is 11.2. The minimum Gasteiger partial charge on any atom is -0.489 e. The van der Waals surface area contributed by atoms with E-state index in [1.165, 1.54) is 11.1 Å². The van der Waals surface area contributed by atoms with E-state index in [1.54, 1.807) is 0 Å². The number of nitrogen functional groups attached to an aromatic ring is 1. The van der Waals surface area contributed by atoms with Gasteiger partial charge in [0.15, 0.2) is 0 Å². The molecule has 0 unspecified atom stereocenters. The van der Waals surface area contributed by atoms with Gasteiger partial charge in [-0.1, -0.05) is 35.9 Å². The minimum atomic E-state index is 0.565. The molecule has 19 heavy (non-hydrogen) atoms. The van der Waals surface area contributed by atoms with E-state index in [2.05, 4.69) is 31.7 Å². The van der Waals surface area contributed by atoms with Gasteiger partial charge < -0.3 is 10.5 Å². The van der Waals surface area contributed by atoms with Crippen LogP contribution in [-0.2, 0) is 13.0 Å². The third kappa shape index (κ3) is 3.62. The smallest absolute Gasteiger partial charge is 0.123 e. The van der Waals surface area contributed by atoms with Crippen molar-refractivity contribution in [3.63, 3.8) is 0 Å². The quantitative estimate of drug-likeness (QED) is 0.648. The number of benzene rings is 2. The van der Waals surface area contributed by atoms with Crippen molar-refractivity contribution in [3.8, 4) is 5.75 Å². The maximum Gasteiger partial charge on any atom is 0.123 e. The van der Waals surface area contributed by atoms with Crippen molar-refractivity contribution >= 4 is 5.69 Å². The lowest BCUT2D eigenvalue weighted by atomic mass is 10.1. The Morgan fingerprint density at radius 3 is 2.79 bits per heavy atom. The van der Waals surface area contributed by atoms with E-state index in [0.29, 0.717) is 6.61 Å². The molecule has 0 aliphatic rings. The van der Waals surface area contributed by atoms with Gasteiger partial charge in [0.1, 0.15) is 12.4 Å². The molecule has 2 rings (SSSR count). The van der Waals surface area contributed by atoms with Crippen molar-refractivity contribution in [3.05, 3.63) is 71.8 Å². The average molecular weight is 253 g/mol. The summed E-state index contributed by atoms with van der Waals surface area (Å²) in [5, 5.41) is 0. The molecule has 0 aromatic heterocycles. The molecule has 0 heterocycles. The normalized spacial score (nSPS) is 10.2. The first-order valence-electron chi connectivity index (χ1n) is 6.36. The molecule has 2 heteroatoms. The summed E-state index contributed by atoms with van der Waals surface area (Å²) in [6.07, 6.45) is 2.61. The maximum absolute atomic E-state index is 5.88. The fourth-order valence-corrected chi connectivity index (χ4v) is 2.02. The van der Waals surface area contributed by atoms with Crippen LogP contribution >= 0.6 is 0 Å². The van der Waals surface area contributed by atoms with Crippen LogP contribution < -0.4 is 10.5 Å². The van der Waals surface area contributed by atoms with E-state index >= 15 is 0 Å². The van der Waals surface area contributed by atoms with Gasteiger partial charge in [0.25, 0.3) is 0 Å².